The van der Waals surface area contributed by atoms with E-state index in [0.717, 1.165) is 5.70 Å². The summed E-state index contributed by atoms with van der Waals surface area (Å²) < 4.78 is 2.93. The van der Waals surface area contributed by atoms with Crippen molar-refractivity contribution in [2.75, 3.05) is 0 Å². The summed E-state index contributed by atoms with van der Waals surface area (Å²) in [7, 11) is 0. The average Bonchev–Trinajstić information content (AvgIpc) is 1.97. The third-order valence-corrected chi connectivity index (χ3v) is 1.51. The molecule has 3 heteroatoms. The van der Waals surface area contributed by atoms with Crippen molar-refractivity contribution in [3.63, 3.8) is 0 Å². The molecule has 0 fully saturated rings. The molecule has 0 aromatic carbocycles. The van der Waals surface area contributed by atoms with Crippen LogP contribution in [0.1, 0.15) is 0 Å². The predicted octanol–water partition coefficient (Wildman–Crippen LogP) is 2.02. The number of nitrogens with one attached hydrogen (secondary N) is 1. The lowest BCUT2D eigenvalue weighted by Gasteiger charge is -1.95. The van der Waals surface area contributed by atoms with Gasteiger partial charge in [0.05, 0.1) is 22.9 Å². The number of allylic oxidation sites excluding steroid dienone is 4. The second-order valence-electron chi connectivity index (χ2n) is 1.86. The molecule has 0 rings (SSSR count). The highest BCUT2D eigenvalue weighted by atomic mass is 127. The van der Waals surface area contributed by atoms with Crippen molar-refractivity contribution < 1.29 is 0 Å². The lowest BCUT2D eigenvalue weighted by Crippen LogP contribution is -1.95. The number of nitrogens with two attached hydrogens (primary N) is 1. The Morgan fingerprint density at radius 1 is 1.45 bits per heavy atom. The summed E-state index contributed by atoms with van der Waals surface area (Å²) in [5.74, 6) is 0. The van der Waals surface area contributed by atoms with Crippen LogP contribution in [0.25, 0.3) is 0 Å². The van der Waals surface area contributed by atoms with E-state index in [0.29, 0.717) is 5.70 Å². The van der Waals surface area contributed by atoms with Crippen molar-refractivity contribution in [3.05, 3.63) is 48.9 Å². The zero-order valence-corrected chi connectivity index (χ0v) is 8.34. The summed E-state index contributed by atoms with van der Waals surface area (Å²) in [5.41, 5.74) is 6.80. The normalized spacial score (nSPS) is 11.5. The maximum absolute atomic E-state index is 5.33. The van der Waals surface area contributed by atoms with Crippen LogP contribution in [0.15, 0.2) is 48.9 Å². The first-order valence-corrected chi connectivity index (χ1v) is 4.10. The van der Waals surface area contributed by atoms with Gasteiger partial charge in [0.2, 0.25) is 0 Å². The Morgan fingerprint density at radius 2 is 2.09 bits per heavy atom. The molecule has 0 amide bonds. The van der Waals surface area contributed by atoms with Gasteiger partial charge < -0.3 is 9.26 Å². The summed E-state index contributed by atoms with van der Waals surface area (Å²) >= 11 is 2.03. The van der Waals surface area contributed by atoms with Crippen LogP contribution < -0.4 is 9.26 Å². The molecule has 0 unspecified atom stereocenters. The van der Waals surface area contributed by atoms with Crippen molar-refractivity contribution in [2.24, 2.45) is 5.73 Å². The maximum Gasteiger partial charge on any atom is 0.0560 e. The fourth-order valence-electron chi connectivity index (χ4n) is 0.442. The third-order valence-electron chi connectivity index (χ3n) is 0.883. The van der Waals surface area contributed by atoms with E-state index in [1.165, 1.54) is 0 Å². The van der Waals surface area contributed by atoms with Crippen LogP contribution in [-0.4, -0.2) is 0 Å². The number of hydrogen-bond donors (Lipinski definition) is 2. The van der Waals surface area contributed by atoms with Crippen molar-refractivity contribution >= 4 is 22.9 Å². The molecule has 0 saturated carbocycles. The third kappa shape index (κ3) is 5.72. The number of rotatable bonds is 4. The van der Waals surface area contributed by atoms with Gasteiger partial charge in [-0.3, -0.25) is 0 Å². The Balaban J connectivity index is 4.18. The van der Waals surface area contributed by atoms with E-state index in [4.69, 9.17) is 5.73 Å². The smallest absolute Gasteiger partial charge is 0.0560 e. The molecule has 0 aliphatic rings. The molecule has 3 N–H and O–H groups in total. The first-order chi connectivity index (χ1) is 5.20. The van der Waals surface area contributed by atoms with Crippen LogP contribution in [0, 0.1) is 0 Å². The molecule has 0 aliphatic carbocycles. The molecule has 2 nitrogen and oxygen atoms in total. The topological polar surface area (TPSA) is 38.0 Å². The van der Waals surface area contributed by atoms with Gasteiger partial charge in [-0.2, -0.15) is 0 Å². The summed E-state index contributed by atoms with van der Waals surface area (Å²) in [6.07, 6.45) is 7.09. The lowest BCUT2D eigenvalue weighted by molar-refractivity contribution is 1.33. The highest BCUT2D eigenvalue weighted by Crippen LogP contribution is 1.96. The van der Waals surface area contributed by atoms with Gasteiger partial charge in [0.15, 0.2) is 0 Å². The van der Waals surface area contributed by atoms with Crippen LogP contribution in [0.2, 0.25) is 0 Å². The Labute approximate surface area is 81.0 Å². The van der Waals surface area contributed by atoms with E-state index in [9.17, 15) is 0 Å². The van der Waals surface area contributed by atoms with E-state index in [2.05, 4.69) is 16.7 Å². The van der Waals surface area contributed by atoms with E-state index in [-0.39, 0.29) is 0 Å². The molecule has 0 radical (unpaired) electrons. The van der Waals surface area contributed by atoms with Gasteiger partial charge in [0, 0.05) is 11.4 Å². The van der Waals surface area contributed by atoms with Gasteiger partial charge in [-0.15, -0.1) is 0 Å². The average molecular weight is 262 g/mol. The number of hydrogen-bond acceptors (Lipinski definition) is 2. The second-order valence-corrected chi connectivity index (χ2v) is 2.40. The van der Waals surface area contributed by atoms with Crippen molar-refractivity contribution in [1.29, 1.82) is 0 Å². The van der Waals surface area contributed by atoms with E-state index in [1.54, 1.807) is 12.2 Å². The molecule has 0 bridgehead atoms. The first kappa shape index (κ1) is 10.3. The Bertz CT molecular complexity index is 204. The molecule has 11 heavy (non-hydrogen) atoms. The fourth-order valence-corrected chi connectivity index (χ4v) is 0.802. The minimum absolute atomic E-state index is 0.534. The highest BCUT2D eigenvalue weighted by molar-refractivity contribution is 14.1. The molecule has 0 aromatic rings. The van der Waals surface area contributed by atoms with Crippen LogP contribution in [0.5, 0.6) is 0 Å². The van der Waals surface area contributed by atoms with Gasteiger partial charge in [-0.25, -0.2) is 0 Å². The zero-order valence-electron chi connectivity index (χ0n) is 6.18. The fraction of sp³-hybridized carbons (Fsp3) is 0. The zero-order chi connectivity index (χ0) is 8.69. The van der Waals surface area contributed by atoms with Crippen molar-refractivity contribution in [2.45, 2.75) is 0 Å². The van der Waals surface area contributed by atoms with Crippen LogP contribution in [0.4, 0.5) is 0 Å². The van der Waals surface area contributed by atoms with Gasteiger partial charge in [-0.1, -0.05) is 19.2 Å². The Hall–Kier alpha value is -0.710. The van der Waals surface area contributed by atoms with Crippen LogP contribution in [0.3, 0.4) is 0 Å². The Morgan fingerprint density at radius 3 is 2.45 bits per heavy atom. The predicted molar refractivity (Wildman–Crippen MR) is 57.9 cm³/mol. The van der Waals surface area contributed by atoms with E-state index < -0.39 is 0 Å². The van der Waals surface area contributed by atoms with Gasteiger partial charge in [0.1, 0.15) is 0 Å². The van der Waals surface area contributed by atoms with Crippen molar-refractivity contribution in [1.82, 2.24) is 3.53 Å². The van der Waals surface area contributed by atoms with E-state index >= 15 is 0 Å². The second kappa shape index (κ2) is 6.03. The van der Waals surface area contributed by atoms with Gasteiger partial charge >= 0.3 is 0 Å². The molecular weight excluding hydrogens is 251 g/mol. The summed E-state index contributed by atoms with van der Waals surface area (Å²) in [6.45, 7) is 7.10. The summed E-state index contributed by atoms with van der Waals surface area (Å²) in [5, 5.41) is 0. The highest BCUT2D eigenvalue weighted by Gasteiger charge is 1.83. The maximum atomic E-state index is 5.33. The molecule has 0 aliphatic heterocycles. The quantitative estimate of drug-likeness (QED) is 0.462. The van der Waals surface area contributed by atoms with Crippen LogP contribution >= 0.6 is 22.9 Å². The number of halogens is 1. The largest absolute Gasteiger partial charge is 0.399 e. The standard InChI is InChI=1S/C8H11IN2/c1-3-4-8(11-9)6-5-7(2)10/h3-6,11H,1-2,10H2/b6-5-,8-4+. The lowest BCUT2D eigenvalue weighted by atomic mass is 10.3. The molecule has 0 heterocycles. The molecule has 0 aromatic heterocycles. The Kier molecular flexibility index (Phi) is 5.64. The molecular formula is C8H11IN2. The molecule has 60 valence electrons. The minimum atomic E-state index is 0.534. The molecule has 0 atom stereocenters. The van der Waals surface area contributed by atoms with Crippen molar-refractivity contribution in [3.8, 4) is 0 Å². The van der Waals surface area contributed by atoms with Crippen LogP contribution in [-0.2, 0) is 0 Å². The first-order valence-electron chi connectivity index (χ1n) is 3.02. The SMILES string of the molecule is C=C/C=C(\C=C/C(=C)N)NI. The summed E-state index contributed by atoms with van der Waals surface area (Å²) in [6, 6.07) is 0. The minimum Gasteiger partial charge on any atom is -0.399 e. The van der Waals surface area contributed by atoms with E-state index in [1.807, 2.05) is 35.0 Å². The molecule has 0 spiro atoms. The van der Waals surface area contributed by atoms with Gasteiger partial charge in [-0.05, 0) is 18.2 Å². The van der Waals surface area contributed by atoms with Gasteiger partial charge in [0.25, 0.3) is 0 Å². The molecule has 0 saturated heterocycles. The summed E-state index contributed by atoms with van der Waals surface area (Å²) in [4.78, 5) is 0. The monoisotopic (exact) mass is 262 g/mol.